The second kappa shape index (κ2) is 9.47. The van der Waals surface area contributed by atoms with Gasteiger partial charge in [0.15, 0.2) is 17.4 Å². The Morgan fingerprint density at radius 2 is 1.86 bits per heavy atom. The first-order valence-corrected chi connectivity index (χ1v) is 9.46. The van der Waals surface area contributed by atoms with Crippen LogP contribution in [-0.2, 0) is 6.42 Å². The Labute approximate surface area is 171 Å². The summed E-state index contributed by atoms with van der Waals surface area (Å²) < 4.78 is 63.6. The Kier molecular flexibility index (Phi) is 7.51. The Morgan fingerprint density at radius 1 is 1.24 bits per heavy atom. The molecule has 0 bridgehead atoms. The number of aromatic nitrogens is 2. The van der Waals surface area contributed by atoms with Gasteiger partial charge in [0.05, 0.1) is 6.61 Å². The number of benzene rings is 1. The molecule has 1 aromatic heterocycles. The summed E-state index contributed by atoms with van der Waals surface area (Å²) in [6.45, 7) is 5.17. The zero-order valence-corrected chi connectivity index (χ0v) is 17.0. The normalized spacial score (nSPS) is 13.4. The number of alkyl halides is 1. The monoisotopic (exact) mass is 435 g/mol. The highest BCUT2D eigenvalue weighted by molar-refractivity contribution is 6.24. The lowest BCUT2D eigenvalue weighted by Crippen LogP contribution is -2.47. The van der Waals surface area contributed by atoms with E-state index in [4.69, 9.17) is 16.3 Å². The van der Waals surface area contributed by atoms with E-state index in [0.717, 1.165) is 4.68 Å². The van der Waals surface area contributed by atoms with Crippen LogP contribution in [0.2, 0.25) is 0 Å². The fourth-order valence-corrected chi connectivity index (χ4v) is 2.73. The number of rotatable bonds is 8. The minimum atomic E-state index is -1.70. The number of carbonyl (C=O) groups is 1. The van der Waals surface area contributed by atoms with E-state index in [9.17, 15) is 22.4 Å². The molecular weight excluding hydrogens is 414 g/mol. The standard InChI is InChI=1S/C19H22ClF4N3O2/c1-4-19(20,26-18(28)27-8-5-7-25-27)10-12-13(21)15(23)17(16(24)14(12)22)29-9-6-11(2)3/h5,7-8,11H,4,6,9-10H2,1-3H3,(H,26,28). The van der Waals surface area contributed by atoms with Crippen LogP contribution >= 0.6 is 11.6 Å². The summed E-state index contributed by atoms with van der Waals surface area (Å²) in [5.74, 6) is -7.45. The van der Waals surface area contributed by atoms with Crippen LogP contribution in [0.25, 0.3) is 0 Å². The summed E-state index contributed by atoms with van der Waals surface area (Å²) >= 11 is 6.29. The average molecular weight is 436 g/mol. The van der Waals surface area contributed by atoms with Gasteiger partial charge in [-0.15, -0.1) is 0 Å². The maximum atomic E-state index is 14.5. The topological polar surface area (TPSA) is 56.1 Å². The largest absolute Gasteiger partial charge is 0.487 e. The molecule has 1 aromatic carbocycles. The van der Waals surface area contributed by atoms with Gasteiger partial charge in [-0.1, -0.05) is 32.4 Å². The summed E-state index contributed by atoms with van der Waals surface area (Å²) in [5, 5.41) is 6.08. The number of nitrogens with zero attached hydrogens (tertiary/aromatic N) is 2. The number of hydrogen-bond acceptors (Lipinski definition) is 3. The minimum absolute atomic E-state index is 0.0102. The molecule has 2 rings (SSSR count). The van der Waals surface area contributed by atoms with Crippen LogP contribution in [-0.4, -0.2) is 27.4 Å². The highest BCUT2D eigenvalue weighted by Crippen LogP contribution is 2.34. The van der Waals surface area contributed by atoms with Crippen molar-refractivity contribution in [3.05, 3.63) is 47.3 Å². The van der Waals surface area contributed by atoms with Gasteiger partial charge in [-0.3, -0.25) is 0 Å². The van der Waals surface area contributed by atoms with Gasteiger partial charge in [-0.25, -0.2) is 13.6 Å². The highest BCUT2D eigenvalue weighted by Gasteiger charge is 2.35. The SMILES string of the molecule is CCC(Cl)(Cc1c(F)c(F)c(OCCC(C)C)c(F)c1F)NC(=O)n1cccn1. The summed E-state index contributed by atoms with van der Waals surface area (Å²) in [7, 11) is 0. The fraction of sp³-hybridized carbons (Fsp3) is 0.474. The molecule has 0 saturated carbocycles. The van der Waals surface area contributed by atoms with Gasteiger partial charge in [-0.05, 0) is 24.8 Å². The van der Waals surface area contributed by atoms with Crippen molar-refractivity contribution in [2.24, 2.45) is 5.92 Å². The molecule has 0 radical (unpaired) electrons. The lowest BCUT2D eigenvalue weighted by molar-refractivity contribution is 0.231. The Hall–Kier alpha value is -2.29. The Morgan fingerprint density at radius 3 is 2.34 bits per heavy atom. The molecule has 0 aliphatic heterocycles. The number of halogens is 5. The van der Waals surface area contributed by atoms with Crippen LogP contribution in [0.15, 0.2) is 18.5 Å². The highest BCUT2D eigenvalue weighted by atomic mass is 35.5. The van der Waals surface area contributed by atoms with Crippen molar-refractivity contribution in [2.45, 2.75) is 45.0 Å². The first kappa shape index (κ1) is 23.0. The van der Waals surface area contributed by atoms with Crippen LogP contribution < -0.4 is 10.1 Å². The van der Waals surface area contributed by atoms with Gasteiger partial charge in [0.2, 0.25) is 11.6 Å². The molecule has 1 N–H and O–H groups in total. The Bertz CT molecular complexity index is 833. The van der Waals surface area contributed by atoms with Crippen molar-refractivity contribution < 1.29 is 27.1 Å². The van der Waals surface area contributed by atoms with Gasteiger partial charge < -0.3 is 10.1 Å². The second-order valence-corrected chi connectivity index (χ2v) is 7.69. The quantitative estimate of drug-likeness (QED) is 0.274. The van der Waals surface area contributed by atoms with E-state index < -0.39 is 52.0 Å². The van der Waals surface area contributed by atoms with Crippen molar-refractivity contribution in [2.75, 3.05) is 6.61 Å². The summed E-state index contributed by atoms with van der Waals surface area (Å²) in [6, 6.07) is 0.728. The van der Waals surface area contributed by atoms with Gasteiger partial charge in [-0.2, -0.15) is 18.6 Å². The molecule has 10 heteroatoms. The molecule has 1 unspecified atom stereocenters. The fourth-order valence-electron chi connectivity index (χ4n) is 2.51. The summed E-state index contributed by atoms with van der Waals surface area (Å²) in [5.41, 5.74) is -0.922. The van der Waals surface area contributed by atoms with Gasteiger partial charge in [0, 0.05) is 24.4 Å². The summed E-state index contributed by atoms with van der Waals surface area (Å²) in [6.07, 6.45) is 2.45. The number of hydrogen-bond donors (Lipinski definition) is 1. The van der Waals surface area contributed by atoms with E-state index in [2.05, 4.69) is 10.4 Å². The van der Waals surface area contributed by atoms with E-state index in [1.807, 2.05) is 13.8 Å². The maximum absolute atomic E-state index is 14.5. The van der Waals surface area contributed by atoms with Gasteiger partial charge in [0.25, 0.3) is 0 Å². The number of carbonyl (C=O) groups excluding carboxylic acids is 1. The van der Waals surface area contributed by atoms with Gasteiger partial charge in [0.1, 0.15) is 5.00 Å². The van der Waals surface area contributed by atoms with Gasteiger partial charge >= 0.3 is 6.03 Å². The van der Waals surface area contributed by atoms with Crippen molar-refractivity contribution in [1.82, 2.24) is 15.1 Å². The third-order valence-corrected chi connectivity index (χ3v) is 4.81. The molecule has 1 amide bonds. The van der Waals surface area contributed by atoms with E-state index in [1.165, 1.54) is 18.5 Å². The molecule has 2 aromatic rings. The molecule has 0 aliphatic carbocycles. The molecule has 29 heavy (non-hydrogen) atoms. The second-order valence-electron chi connectivity index (χ2n) is 6.97. The van der Waals surface area contributed by atoms with Crippen LogP contribution in [0.5, 0.6) is 5.75 Å². The minimum Gasteiger partial charge on any atom is -0.487 e. The average Bonchev–Trinajstić information content (AvgIpc) is 3.21. The zero-order chi connectivity index (χ0) is 21.8. The van der Waals surface area contributed by atoms with Crippen LogP contribution in [0.4, 0.5) is 22.4 Å². The molecule has 5 nitrogen and oxygen atoms in total. The predicted molar refractivity (Wildman–Crippen MR) is 100.0 cm³/mol. The third-order valence-electron chi connectivity index (χ3n) is 4.32. The van der Waals surface area contributed by atoms with E-state index in [1.54, 1.807) is 6.92 Å². The lowest BCUT2D eigenvalue weighted by atomic mass is 10.0. The third kappa shape index (κ3) is 5.41. The number of nitrogens with one attached hydrogen (secondary N) is 1. The molecular formula is C19H22ClF4N3O2. The van der Waals surface area contributed by atoms with E-state index in [0.29, 0.717) is 6.42 Å². The number of ether oxygens (including phenoxy) is 1. The smallest absolute Gasteiger partial charge is 0.343 e. The predicted octanol–water partition coefficient (Wildman–Crippen LogP) is 5.01. The first-order valence-electron chi connectivity index (χ1n) is 9.08. The van der Waals surface area contributed by atoms with Crippen molar-refractivity contribution in [3.63, 3.8) is 0 Å². The van der Waals surface area contributed by atoms with Crippen LogP contribution in [0, 0.1) is 29.2 Å². The molecule has 160 valence electrons. The van der Waals surface area contributed by atoms with E-state index in [-0.39, 0.29) is 18.9 Å². The zero-order valence-electron chi connectivity index (χ0n) is 16.2. The molecule has 1 atom stereocenters. The maximum Gasteiger partial charge on any atom is 0.343 e. The van der Waals surface area contributed by atoms with Crippen molar-refractivity contribution in [3.8, 4) is 5.75 Å². The molecule has 0 fully saturated rings. The molecule has 0 spiro atoms. The Balaban J connectivity index is 2.29. The van der Waals surface area contributed by atoms with Crippen LogP contribution in [0.3, 0.4) is 0 Å². The van der Waals surface area contributed by atoms with E-state index >= 15 is 0 Å². The molecule has 0 aliphatic rings. The summed E-state index contributed by atoms with van der Waals surface area (Å²) in [4.78, 5) is 10.4. The molecule has 0 saturated heterocycles. The van der Waals surface area contributed by atoms with Crippen LogP contribution in [0.1, 0.15) is 39.2 Å². The van der Waals surface area contributed by atoms with Crippen molar-refractivity contribution in [1.29, 1.82) is 0 Å². The lowest BCUT2D eigenvalue weighted by Gasteiger charge is -2.27. The molecule has 1 heterocycles. The number of amides is 1. The van der Waals surface area contributed by atoms with Crippen molar-refractivity contribution >= 4 is 17.6 Å². The first-order chi connectivity index (χ1) is 13.6.